The molecule has 39 heavy (non-hydrogen) atoms. The standard InChI is InChI=1S/C31H26N4O4/c1-38-24-14-10-20(11-15-24)28-19-29(34(33-28)22-6-5-7-23(18-22)35(36)37)30-26-8-3-4-9-27(26)32-31(30)21-12-16-25(39-2)17-13-21/h3-18,29,32H,19H2,1-2H3/t29-/m0/s1. The van der Waals surface area contributed by atoms with Crippen LogP contribution in [-0.4, -0.2) is 29.8 Å². The normalized spacial score (nSPS) is 14.9. The van der Waals surface area contributed by atoms with Gasteiger partial charge in [-0.2, -0.15) is 5.10 Å². The molecule has 2 heterocycles. The van der Waals surface area contributed by atoms with Crippen LogP contribution in [0.25, 0.3) is 22.2 Å². The van der Waals surface area contributed by atoms with Gasteiger partial charge in [0.2, 0.25) is 0 Å². The molecule has 1 aliphatic rings. The summed E-state index contributed by atoms with van der Waals surface area (Å²) in [6, 6.07) is 30.4. The van der Waals surface area contributed by atoms with Gasteiger partial charge in [0, 0.05) is 35.0 Å². The van der Waals surface area contributed by atoms with Gasteiger partial charge in [-0.15, -0.1) is 0 Å². The van der Waals surface area contributed by atoms with E-state index in [-0.39, 0.29) is 16.7 Å². The molecule has 6 rings (SSSR count). The van der Waals surface area contributed by atoms with E-state index >= 15 is 0 Å². The molecule has 8 nitrogen and oxygen atoms in total. The van der Waals surface area contributed by atoms with Gasteiger partial charge in [0.15, 0.2) is 0 Å². The molecular formula is C31H26N4O4. The van der Waals surface area contributed by atoms with E-state index in [1.54, 1.807) is 26.4 Å². The molecule has 8 heteroatoms. The van der Waals surface area contributed by atoms with Crippen molar-refractivity contribution in [3.63, 3.8) is 0 Å². The molecule has 1 atom stereocenters. The van der Waals surface area contributed by atoms with E-state index in [1.807, 2.05) is 71.7 Å². The molecule has 0 amide bonds. The van der Waals surface area contributed by atoms with Crippen molar-refractivity contribution in [1.29, 1.82) is 0 Å². The number of nitro groups is 1. The fourth-order valence-corrected chi connectivity index (χ4v) is 5.18. The second kappa shape index (κ2) is 9.98. The lowest BCUT2D eigenvalue weighted by atomic mass is 9.93. The van der Waals surface area contributed by atoms with Crippen molar-refractivity contribution in [2.75, 3.05) is 19.2 Å². The average molecular weight is 519 g/mol. The van der Waals surface area contributed by atoms with Crippen LogP contribution in [0.15, 0.2) is 102 Å². The van der Waals surface area contributed by atoms with Crippen molar-refractivity contribution < 1.29 is 14.4 Å². The minimum atomic E-state index is -0.378. The Hall–Kier alpha value is -5.11. The number of anilines is 1. The monoisotopic (exact) mass is 518 g/mol. The third-order valence-electron chi connectivity index (χ3n) is 7.10. The average Bonchev–Trinajstić information content (AvgIpc) is 3.59. The van der Waals surface area contributed by atoms with Crippen molar-refractivity contribution >= 4 is 28.0 Å². The van der Waals surface area contributed by atoms with Gasteiger partial charge in [-0.1, -0.05) is 24.3 Å². The quantitative estimate of drug-likeness (QED) is 0.183. The summed E-state index contributed by atoms with van der Waals surface area (Å²) in [7, 11) is 3.29. The Balaban J connectivity index is 1.53. The fourth-order valence-electron chi connectivity index (χ4n) is 5.18. The van der Waals surface area contributed by atoms with E-state index in [0.29, 0.717) is 12.1 Å². The van der Waals surface area contributed by atoms with Crippen LogP contribution in [0.2, 0.25) is 0 Å². The highest BCUT2D eigenvalue weighted by Crippen LogP contribution is 2.44. The number of aromatic nitrogens is 1. The fraction of sp³-hybridized carbons (Fsp3) is 0.129. The number of benzene rings is 4. The van der Waals surface area contributed by atoms with Crippen LogP contribution in [0.1, 0.15) is 23.6 Å². The summed E-state index contributed by atoms with van der Waals surface area (Å²) in [4.78, 5) is 14.9. The van der Waals surface area contributed by atoms with Crippen LogP contribution in [0, 0.1) is 10.1 Å². The van der Waals surface area contributed by atoms with Gasteiger partial charge in [0.25, 0.3) is 5.69 Å². The Morgan fingerprint density at radius 3 is 2.21 bits per heavy atom. The molecule has 0 saturated carbocycles. The summed E-state index contributed by atoms with van der Waals surface area (Å²) in [6.07, 6.45) is 0.611. The molecule has 194 valence electrons. The van der Waals surface area contributed by atoms with E-state index in [1.165, 1.54) is 6.07 Å². The number of methoxy groups -OCH3 is 2. The smallest absolute Gasteiger partial charge is 0.271 e. The Morgan fingerprint density at radius 2 is 1.54 bits per heavy atom. The highest BCUT2D eigenvalue weighted by Gasteiger charge is 2.34. The third-order valence-corrected chi connectivity index (χ3v) is 7.10. The summed E-state index contributed by atoms with van der Waals surface area (Å²) in [6.45, 7) is 0. The SMILES string of the molecule is COc1ccc(C2=NN(c3cccc([N+](=O)[O-])c3)[C@H](c3c(-c4ccc(OC)cc4)[nH]c4ccccc34)C2)cc1. The second-order valence-corrected chi connectivity index (χ2v) is 9.30. The van der Waals surface area contributed by atoms with Crippen molar-refractivity contribution in [3.05, 3.63) is 118 Å². The number of rotatable bonds is 7. The zero-order valence-corrected chi connectivity index (χ0v) is 21.5. The Morgan fingerprint density at radius 1 is 0.872 bits per heavy atom. The molecular weight excluding hydrogens is 492 g/mol. The lowest BCUT2D eigenvalue weighted by Gasteiger charge is -2.25. The minimum Gasteiger partial charge on any atom is -0.497 e. The lowest BCUT2D eigenvalue weighted by molar-refractivity contribution is -0.384. The molecule has 5 aromatic rings. The Kier molecular flexibility index (Phi) is 6.20. The number of non-ortho nitro benzene ring substituents is 1. The summed E-state index contributed by atoms with van der Waals surface area (Å²) < 4.78 is 10.7. The highest BCUT2D eigenvalue weighted by atomic mass is 16.6. The number of ether oxygens (including phenoxy) is 2. The first-order valence-corrected chi connectivity index (χ1v) is 12.6. The number of nitro benzene ring substituents is 1. The minimum absolute atomic E-state index is 0.0219. The largest absolute Gasteiger partial charge is 0.497 e. The molecule has 0 unspecified atom stereocenters. The van der Waals surface area contributed by atoms with E-state index in [2.05, 4.69) is 17.1 Å². The van der Waals surface area contributed by atoms with Gasteiger partial charge in [-0.25, -0.2) is 0 Å². The van der Waals surface area contributed by atoms with Gasteiger partial charge in [-0.3, -0.25) is 15.1 Å². The number of hydrazone groups is 1. The number of fused-ring (bicyclic) bond motifs is 1. The van der Waals surface area contributed by atoms with Gasteiger partial charge in [-0.05, 0) is 71.8 Å². The topological polar surface area (TPSA) is 93.0 Å². The summed E-state index contributed by atoms with van der Waals surface area (Å²) in [5.41, 5.74) is 6.62. The van der Waals surface area contributed by atoms with Crippen molar-refractivity contribution in [2.45, 2.75) is 12.5 Å². The summed E-state index contributed by atoms with van der Waals surface area (Å²) >= 11 is 0. The molecule has 0 saturated heterocycles. The van der Waals surface area contributed by atoms with Crippen LogP contribution in [0.5, 0.6) is 11.5 Å². The number of H-pyrrole nitrogens is 1. The maximum absolute atomic E-state index is 11.6. The predicted molar refractivity (Wildman–Crippen MR) is 153 cm³/mol. The number of para-hydroxylation sites is 1. The Bertz CT molecular complexity index is 1690. The maximum Gasteiger partial charge on any atom is 0.271 e. The summed E-state index contributed by atoms with van der Waals surface area (Å²) in [5.74, 6) is 1.54. The van der Waals surface area contributed by atoms with Crippen molar-refractivity contribution in [2.24, 2.45) is 5.10 Å². The van der Waals surface area contributed by atoms with Gasteiger partial charge >= 0.3 is 0 Å². The first-order chi connectivity index (χ1) is 19.1. The van der Waals surface area contributed by atoms with E-state index in [9.17, 15) is 10.1 Å². The number of nitrogens with one attached hydrogen (secondary N) is 1. The van der Waals surface area contributed by atoms with Crippen LogP contribution >= 0.6 is 0 Å². The van der Waals surface area contributed by atoms with Crippen LogP contribution in [0.4, 0.5) is 11.4 Å². The van der Waals surface area contributed by atoms with Crippen molar-refractivity contribution in [1.82, 2.24) is 4.98 Å². The molecule has 1 N–H and O–H groups in total. The molecule has 0 spiro atoms. The highest BCUT2D eigenvalue weighted by molar-refractivity contribution is 6.04. The maximum atomic E-state index is 11.6. The Labute approximate surface area is 225 Å². The van der Waals surface area contributed by atoms with Crippen molar-refractivity contribution in [3.8, 4) is 22.8 Å². The predicted octanol–water partition coefficient (Wildman–Crippen LogP) is 7.12. The zero-order chi connectivity index (χ0) is 26.9. The molecule has 0 radical (unpaired) electrons. The van der Waals surface area contributed by atoms with E-state index < -0.39 is 0 Å². The number of hydrogen-bond donors (Lipinski definition) is 1. The van der Waals surface area contributed by atoms with Crippen LogP contribution < -0.4 is 14.5 Å². The van der Waals surface area contributed by atoms with E-state index in [4.69, 9.17) is 14.6 Å². The molecule has 1 aliphatic heterocycles. The molecule has 0 aliphatic carbocycles. The number of hydrogen-bond acceptors (Lipinski definition) is 6. The second-order valence-electron chi connectivity index (χ2n) is 9.30. The zero-order valence-electron chi connectivity index (χ0n) is 21.5. The molecule has 4 aromatic carbocycles. The number of nitrogens with zero attached hydrogens (tertiary/aromatic N) is 3. The van der Waals surface area contributed by atoms with Gasteiger partial charge in [0.1, 0.15) is 11.5 Å². The molecule has 1 aromatic heterocycles. The van der Waals surface area contributed by atoms with Gasteiger partial charge < -0.3 is 14.5 Å². The number of aromatic amines is 1. The van der Waals surface area contributed by atoms with Crippen LogP contribution in [-0.2, 0) is 0 Å². The van der Waals surface area contributed by atoms with Gasteiger partial charge in [0.05, 0.1) is 42.3 Å². The lowest BCUT2D eigenvalue weighted by Crippen LogP contribution is -2.19. The summed E-state index contributed by atoms with van der Waals surface area (Å²) in [5, 5.41) is 19.6. The van der Waals surface area contributed by atoms with Crippen LogP contribution in [0.3, 0.4) is 0 Å². The van der Waals surface area contributed by atoms with E-state index in [0.717, 1.165) is 50.5 Å². The first-order valence-electron chi connectivity index (χ1n) is 12.6. The first kappa shape index (κ1) is 24.2. The molecule has 0 fully saturated rings. The molecule has 0 bridgehead atoms. The third kappa shape index (κ3) is 4.46.